The van der Waals surface area contributed by atoms with Crippen LogP contribution in [0.3, 0.4) is 0 Å². The van der Waals surface area contributed by atoms with Gasteiger partial charge in [0, 0.05) is 16.5 Å². The number of benzene rings is 3. The number of methoxy groups -OCH3 is 1. The second-order valence-corrected chi connectivity index (χ2v) is 7.77. The van der Waals surface area contributed by atoms with Crippen LogP contribution in [0.2, 0.25) is 0 Å². The Hall–Kier alpha value is -3.90. The van der Waals surface area contributed by atoms with Gasteiger partial charge in [-0.2, -0.15) is 5.10 Å². The maximum Gasteiger partial charge on any atom is 0.206 e. The molecule has 0 spiro atoms. The fourth-order valence-corrected chi connectivity index (χ4v) is 4.10. The van der Waals surface area contributed by atoms with E-state index in [-0.39, 0.29) is 5.75 Å². The highest BCUT2D eigenvalue weighted by molar-refractivity contribution is 7.07. The first-order chi connectivity index (χ1) is 15.7. The van der Waals surface area contributed by atoms with Crippen molar-refractivity contribution in [1.29, 1.82) is 0 Å². The summed E-state index contributed by atoms with van der Waals surface area (Å²) in [5.41, 5.74) is 4.81. The topological polar surface area (TPSA) is 59.1 Å². The van der Waals surface area contributed by atoms with Gasteiger partial charge >= 0.3 is 0 Å². The second-order valence-electron chi connectivity index (χ2n) is 6.93. The summed E-state index contributed by atoms with van der Waals surface area (Å²) in [5.74, 6) is 0.450. The molecule has 3 aromatic carbocycles. The molecule has 0 aliphatic heterocycles. The van der Waals surface area contributed by atoms with E-state index < -0.39 is 0 Å². The molecule has 5 nitrogen and oxygen atoms in total. The molecule has 1 aromatic heterocycles. The first-order valence-electron chi connectivity index (χ1n) is 10.1. The van der Waals surface area contributed by atoms with Crippen molar-refractivity contribution in [2.24, 2.45) is 10.1 Å². The number of ether oxygens (including phenoxy) is 1. The van der Waals surface area contributed by atoms with Crippen molar-refractivity contribution in [3.05, 3.63) is 101 Å². The predicted molar refractivity (Wildman–Crippen MR) is 131 cm³/mol. The Morgan fingerprint density at radius 1 is 0.969 bits per heavy atom. The number of hydrogen-bond donors (Lipinski definition) is 1. The summed E-state index contributed by atoms with van der Waals surface area (Å²) in [6, 6.07) is 23.9. The van der Waals surface area contributed by atoms with Gasteiger partial charge in [-0.1, -0.05) is 66.7 Å². The fourth-order valence-electron chi connectivity index (χ4n) is 3.25. The summed E-state index contributed by atoms with van der Waals surface area (Å²) in [6.07, 6.45) is 3.36. The van der Waals surface area contributed by atoms with Crippen LogP contribution < -0.4 is 9.54 Å². The van der Waals surface area contributed by atoms with Crippen LogP contribution in [0.5, 0.6) is 11.5 Å². The van der Waals surface area contributed by atoms with Crippen LogP contribution in [0.1, 0.15) is 5.56 Å². The van der Waals surface area contributed by atoms with Gasteiger partial charge in [0.15, 0.2) is 11.5 Å². The molecule has 1 N–H and O–H groups in total. The molecule has 4 rings (SSSR count). The van der Waals surface area contributed by atoms with E-state index in [1.54, 1.807) is 29.1 Å². The van der Waals surface area contributed by atoms with Gasteiger partial charge in [-0.05, 0) is 23.3 Å². The molecule has 0 saturated heterocycles. The molecule has 4 aromatic rings. The quantitative estimate of drug-likeness (QED) is 0.301. The van der Waals surface area contributed by atoms with Crippen LogP contribution in [0, 0.1) is 0 Å². The lowest BCUT2D eigenvalue weighted by molar-refractivity contribution is 0.373. The van der Waals surface area contributed by atoms with Gasteiger partial charge in [-0.3, -0.25) is 4.99 Å². The average Bonchev–Trinajstić information content (AvgIpc) is 3.25. The summed E-state index contributed by atoms with van der Waals surface area (Å²) in [5, 5.41) is 17.1. The highest BCUT2D eigenvalue weighted by Gasteiger charge is 2.09. The normalized spacial score (nSPS) is 11.7. The Morgan fingerprint density at radius 3 is 2.41 bits per heavy atom. The van der Waals surface area contributed by atoms with Crippen LogP contribution in [0.4, 0.5) is 0 Å². The summed E-state index contributed by atoms with van der Waals surface area (Å²) in [4.78, 5) is 5.31. The number of hydrogen-bond acceptors (Lipinski definition) is 5. The molecular weight excluding hydrogens is 418 g/mol. The minimum Gasteiger partial charge on any atom is -0.504 e. The molecule has 160 valence electrons. The van der Waals surface area contributed by atoms with Gasteiger partial charge in [0.2, 0.25) is 4.80 Å². The Morgan fingerprint density at radius 2 is 1.69 bits per heavy atom. The fraction of sp³-hybridized carbons (Fsp3) is 0.0769. The van der Waals surface area contributed by atoms with Crippen molar-refractivity contribution in [2.75, 3.05) is 13.7 Å². The third kappa shape index (κ3) is 4.55. The van der Waals surface area contributed by atoms with Gasteiger partial charge in [0.25, 0.3) is 0 Å². The van der Waals surface area contributed by atoms with E-state index in [2.05, 4.69) is 53.1 Å². The van der Waals surface area contributed by atoms with E-state index in [9.17, 15) is 5.11 Å². The molecule has 0 aliphatic carbocycles. The van der Waals surface area contributed by atoms with Crippen LogP contribution in [-0.2, 0) is 0 Å². The van der Waals surface area contributed by atoms with E-state index >= 15 is 0 Å². The minimum atomic E-state index is 0.0490. The Balaban J connectivity index is 1.74. The number of rotatable bonds is 7. The molecular formula is C26H23N3O2S. The van der Waals surface area contributed by atoms with Crippen LogP contribution >= 0.6 is 11.3 Å². The van der Waals surface area contributed by atoms with Crippen molar-refractivity contribution in [1.82, 2.24) is 4.68 Å². The summed E-state index contributed by atoms with van der Waals surface area (Å²) in [7, 11) is 1.52. The Kier molecular flexibility index (Phi) is 6.63. The second kappa shape index (κ2) is 9.94. The van der Waals surface area contributed by atoms with Crippen molar-refractivity contribution in [3.63, 3.8) is 0 Å². The van der Waals surface area contributed by atoms with Gasteiger partial charge < -0.3 is 9.84 Å². The zero-order valence-corrected chi connectivity index (χ0v) is 18.5. The average molecular weight is 442 g/mol. The number of aromatic nitrogens is 1. The van der Waals surface area contributed by atoms with E-state index in [1.807, 2.05) is 29.6 Å². The molecule has 6 heteroatoms. The smallest absolute Gasteiger partial charge is 0.206 e. The molecule has 0 amide bonds. The molecule has 1 heterocycles. The standard InChI is InChI=1S/C26H23N3O2S/c1-3-16-27-26-29(28-17-22-10-7-11-24(31-2)25(22)30)23(18-32-26)21-14-12-20(13-15-21)19-8-5-4-6-9-19/h3-15,17-18,30H,1,16H2,2H3. The van der Waals surface area contributed by atoms with E-state index in [1.165, 1.54) is 24.0 Å². The Labute approximate surface area is 190 Å². The minimum absolute atomic E-state index is 0.0490. The molecule has 0 fully saturated rings. The number of phenols is 1. The van der Waals surface area contributed by atoms with Crippen molar-refractivity contribution in [2.45, 2.75) is 0 Å². The van der Waals surface area contributed by atoms with Gasteiger partial charge in [0.05, 0.1) is 25.6 Å². The predicted octanol–water partition coefficient (Wildman–Crippen LogP) is 5.57. The van der Waals surface area contributed by atoms with Crippen molar-refractivity contribution < 1.29 is 9.84 Å². The maximum atomic E-state index is 10.4. The molecule has 0 unspecified atom stereocenters. The first kappa shape index (κ1) is 21.3. The zero-order chi connectivity index (χ0) is 22.3. The largest absolute Gasteiger partial charge is 0.504 e. The first-order valence-corrected chi connectivity index (χ1v) is 11.0. The van der Waals surface area contributed by atoms with Gasteiger partial charge in [0.1, 0.15) is 0 Å². The molecule has 0 radical (unpaired) electrons. The number of aromatic hydroxyl groups is 1. The highest BCUT2D eigenvalue weighted by atomic mass is 32.1. The molecule has 0 aliphatic rings. The monoisotopic (exact) mass is 441 g/mol. The SMILES string of the molecule is C=CCN=c1scc(-c2ccc(-c3ccccc3)cc2)n1N=Cc1cccc(OC)c1O. The maximum absolute atomic E-state index is 10.4. The third-order valence-corrected chi connectivity index (χ3v) is 5.75. The lowest BCUT2D eigenvalue weighted by Gasteiger charge is -2.07. The van der Waals surface area contributed by atoms with E-state index in [4.69, 9.17) is 4.74 Å². The van der Waals surface area contributed by atoms with Gasteiger partial charge in [-0.15, -0.1) is 17.9 Å². The summed E-state index contributed by atoms with van der Waals surface area (Å²) in [6.45, 7) is 4.24. The number of nitrogens with zero attached hydrogens (tertiary/aromatic N) is 3. The summed E-state index contributed by atoms with van der Waals surface area (Å²) < 4.78 is 6.98. The van der Waals surface area contributed by atoms with Crippen LogP contribution in [-0.4, -0.2) is 29.7 Å². The van der Waals surface area contributed by atoms with Crippen molar-refractivity contribution >= 4 is 17.6 Å². The lowest BCUT2D eigenvalue weighted by atomic mass is 10.0. The van der Waals surface area contributed by atoms with E-state index in [0.717, 1.165) is 21.6 Å². The van der Waals surface area contributed by atoms with Crippen LogP contribution in [0.15, 0.2) is 101 Å². The van der Waals surface area contributed by atoms with Gasteiger partial charge in [-0.25, -0.2) is 4.68 Å². The summed E-state index contributed by atoms with van der Waals surface area (Å²) >= 11 is 1.51. The molecule has 32 heavy (non-hydrogen) atoms. The molecule has 0 saturated carbocycles. The highest BCUT2D eigenvalue weighted by Crippen LogP contribution is 2.29. The number of phenolic OH excluding ortho intramolecular Hbond substituents is 1. The molecule has 0 atom stereocenters. The lowest BCUT2D eigenvalue weighted by Crippen LogP contribution is -2.12. The zero-order valence-electron chi connectivity index (χ0n) is 17.7. The molecule has 0 bridgehead atoms. The van der Waals surface area contributed by atoms with E-state index in [0.29, 0.717) is 17.9 Å². The number of para-hydroxylation sites is 1. The number of thiazole rings is 1. The van der Waals surface area contributed by atoms with Crippen LogP contribution in [0.25, 0.3) is 22.4 Å². The Bertz CT molecular complexity index is 1300. The third-order valence-electron chi connectivity index (χ3n) is 4.89. The van der Waals surface area contributed by atoms with Crippen molar-refractivity contribution in [3.8, 4) is 33.9 Å².